The van der Waals surface area contributed by atoms with Crippen LogP contribution in [0, 0.1) is 6.92 Å². The van der Waals surface area contributed by atoms with E-state index in [4.69, 9.17) is 34.8 Å². The number of carbonyl (C=O) groups excluding carboxylic acids is 2. The molecule has 0 saturated heterocycles. The molecule has 0 spiro atoms. The van der Waals surface area contributed by atoms with Gasteiger partial charge < -0.3 is 10.2 Å². The molecule has 0 radical (unpaired) electrons. The number of hydrogen-bond donors (Lipinski definition) is 1. The molecule has 1 saturated carbocycles. The van der Waals surface area contributed by atoms with Crippen molar-refractivity contribution in [2.75, 3.05) is 10.8 Å². The summed E-state index contributed by atoms with van der Waals surface area (Å²) in [7, 11) is -4.20. The first-order valence-corrected chi connectivity index (χ1v) is 16.4. The Morgan fingerprint density at radius 2 is 1.55 bits per heavy atom. The average Bonchev–Trinajstić information content (AvgIpc) is 2.96. The van der Waals surface area contributed by atoms with Crippen LogP contribution < -0.4 is 9.62 Å². The zero-order valence-electron chi connectivity index (χ0n) is 23.5. The minimum Gasteiger partial charge on any atom is -0.352 e. The van der Waals surface area contributed by atoms with Gasteiger partial charge in [-0.3, -0.25) is 13.9 Å². The van der Waals surface area contributed by atoms with Gasteiger partial charge in [0.2, 0.25) is 11.8 Å². The van der Waals surface area contributed by atoms with E-state index in [1.165, 1.54) is 23.1 Å². The van der Waals surface area contributed by atoms with E-state index >= 15 is 0 Å². The molecule has 1 aliphatic rings. The number of anilines is 1. The van der Waals surface area contributed by atoms with Crippen molar-refractivity contribution in [3.05, 3.63) is 92.9 Å². The van der Waals surface area contributed by atoms with E-state index in [1.807, 2.05) is 6.92 Å². The fourth-order valence-electron chi connectivity index (χ4n) is 5.00. The van der Waals surface area contributed by atoms with Crippen LogP contribution in [0.2, 0.25) is 15.1 Å². The number of nitrogens with zero attached hydrogens (tertiary/aromatic N) is 2. The lowest BCUT2D eigenvalue weighted by molar-refractivity contribution is -0.139. The van der Waals surface area contributed by atoms with Crippen molar-refractivity contribution in [3.63, 3.8) is 0 Å². The van der Waals surface area contributed by atoms with Crippen LogP contribution in [-0.2, 0) is 26.2 Å². The van der Waals surface area contributed by atoms with Gasteiger partial charge in [-0.2, -0.15) is 0 Å². The monoisotopic (exact) mass is 649 g/mol. The minimum absolute atomic E-state index is 0.0182. The molecular formula is C31H34Cl3N3O4S. The van der Waals surface area contributed by atoms with E-state index in [9.17, 15) is 18.0 Å². The first kappa shape index (κ1) is 32.1. The highest BCUT2D eigenvalue weighted by molar-refractivity contribution is 7.92. The summed E-state index contributed by atoms with van der Waals surface area (Å²) in [6.07, 6.45) is 4.94. The molecule has 7 nitrogen and oxygen atoms in total. The predicted molar refractivity (Wildman–Crippen MR) is 169 cm³/mol. The molecule has 1 fully saturated rings. The SMILES string of the molecule is Cc1ccc(S(=O)(=O)N(CC(=O)N(Cc2c(Cl)cccc2Cl)C(C)C(=O)NC2CCCCC2)c2cccc(Cl)c2)cc1. The highest BCUT2D eigenvalue weighted by atomic mass is 35.5. The van der Waals surface area contributed by atoms with Crippen LogP contribution in [0.15, 0.2) is 71.6 Å². The van der Waals surface area contributed by atoms with Crippen molar-refractivity contribution in [2.45, 2.75) is 69.5 Å². The first-order valence-electron chi connectivity index (χ1n) is 13.8. The van der Waals surface area contributed by atoms with Crippen LogP contribution in [-0.4, -0.2) is 43.8 Å². The number of hydrogen-bond acceptors (Lipinski definition) is 4. The highest BCUT2D eigenvalue weighted by Gasteiger charge is 2.34. The summed E-state index contributed by atoms with van der Waals surface area (Å²) in [5, 5.41) is 4.05. The van der Waals surface area contributed by atoms with Crippen LogP contribution >= 0.6 is 34.8 Å². The minimum atomic E-state index is -4.20. The number of carbonyl (C=O) groups is 2. The van der Waals surface area contributed by atoms with Crippen molar-refractivity contribution in [2.24, 2.45) is 0 Å². The van der Waals surface area contributed by atoms with Crippen molar-refractivity contribution in [3.8, 4) is 0 Å². The summed E-state index contributed by atoms with van der Waals surface area (Å²) < 4.78 is 28.9. The second kappa shape index (κ2) is 14.1. The smallest absolute Gasteiger partial charge is 0.264 e. The van der Waals surface area contributed by atoms with Crippen LogP contribution in [0.1, 0.15) is 50.2 Å². The van der Waals surface area contributed by atoms with E-state index in [1.54, 1.807) is 55.5 Å². The summed E-state index contributed by atoms with van der Waals surface area (Å²) in [4.78, 5) is 28.9. The van der Waals surface area contributed by atoms with Gasteiger partial charge in [-0.15, -0.1) is 0 Å². The molecular weight excluding hydrogens is 617 g/mol. The molecule has 0 bridgehead atoms. The highest BCUT2D eigenvalue weighted by Crippen LogP contribution is 2.29. The number of benzene rings is 3. The average molecular weight is 651 g/mol. The lowest BCUT2D eigenvalue weighted by Crippen LogP contribution is -2.53. The van der Waals surface area contributed by atoms with E-state index in [0.29, 0.717) is 20.6 Å². The maximum Gasteiger partial charge on any atom is 0.264 e. The van der Waals surface area contributed by atoms with Crippen molar-refractivity contribution < 1.29 is 18.0 Å². The fraction of sp³-hybridized carbons (Fsp3) is 0.355. The molecule has 1 unspecified atom stereocenters. The largest absolute Gasteiger partial charge is 0.352 e. The lowest BCUT2D eigenvalue weighted by atomic mass is 9.95. The van der Waals surface area contributed by atoms with Gasteiger partial charge in [0.1, 0.15) is 12.6 Å². The van der Waals surface area contributed by atoms with Crippen molar-refractivity contribution >= 4 is 62.3 Å². The molecule has 224 valence electrons. The standard InChI is InChI=1S/C31H34Cl3N3O4S/c1-21-14-16-26(17-15-21)42(40,41)37(25-11-6-8-23(32)18-25)20-30(38)36(19-27-28(33)12-7-13-29(27)34)22(2)31(39)35-24-9-4-3-5-10-24/h6-8,11-18,22,24H,3-5,9-10,19-20H2,1-2H3,(H,35,39). The second-order valence-corrected chi connectivity index (χ2v) is 13.7. The molecule has 0 aromatic heterocycles. The van der Waals surface area contributed by atoms with Crippen LogP contribution in [0.4, 0.5) is 5.69 Å². The van der Waals surface area contributed by atoms with Gasteiger partial charge >= 0.3 is 0 Å². The molecule has 3 aromatic rings. The molecule has 4 rings (SSSR count). The number of nitrogens with one attached hydrogen (secondary N) is 1. The first-order chi connectivity index (χ1) is 20.0. The Hall–Kier alpha value is -2.78. The maximum atomic E-state index is 14.1. The van der Waals surface area contributed by atoms with Gasteiger partial charge in [-0.05, 0) is 69.2 Å². The van der Waals surface area contributed by atoms with Crippen molar-refractivity contribution in [1.29, 1.82) is 0 Å². The van der Waals surface area contributed by atoms with Gasteiger partial charge in [0.15, 0.2) is 0 Å². The number of sulfonamides is 1. The number of rotatable bonds is 10. The molecule has 3 aromatic carbocycles. The molecule has 2 amide bonds. The third kappa shape index (κ3) is 7.78. The normalized spacial score (nSPS) is 14.7. The topological polar surface area (TPSA) is 86.8 Å². The number of amides is 2. The van der Waals surface area contributed by atoms with E-state index in [2.05, 4.69) is 5.32 Å². The van der Waals surface area contributed by atoms with E-state index in [-0.39, 0.29) is 29.1 Å². The van der Waals surface area contributed by atoms with Gasteiger partial charge in [0.25, 0.3) is 10.0 Å². The Balaban J connectivity index is 1.71. The summed E-state index contributed by atoms with van der Waals surface area (Å²) in [5.41, 5.74) is 1.56. The summed E-state index contributed by atoms with van der Waals surface area (Å²) in [6, 6.07) is 16.7. The zero-order valence-corrected chi connectivity index (χ0v) is 26.6. The molecule has 1 aliphatic carbocycles. The third-order valence-electron chi connectivity index (χ3n) is 7.49. The lowest BCUT2D eigenvalue weighted by Gasteiger charge is -2.33. The third-order valence-corrected chi connectivity index (χ3v) is 10.2. The Morgan fingerprint density at radius 1 is 0.929 bits per heavy atom. The Morgan fingerprint density at radius 3 is 2.17 bits per heavy atom. The molecule has 1 atom stereocenters. The summed E-state index contributed by atoms with van der Waals surface area (Å²) >= 11 is 19.1. The van der Waals surface area contributed by atoms with Crippen LogP contribution in [0.5, 0.6) is 0 Å². The molecule has 11 heteroatoms. The maximum absolute atomic E-state index is 14.1. The predicted octanol–water partition coefficient (Wildman–Crippen LogP) is 7.02. The number of halogens is 3. The fourth-order valence-corrected chi connectivity index (χ4v) is 7.11. The van der Waals surface area contributed by atoms with Gasteiger partial charge in [-0.1, -0.05) is 83.9 Å². The second-order valence-electron chi connectivity index (χ2n) is 10.5. The van der Waals surface area contributed by atoms with Gasteiger partial charge in [0.05, 0.1) is 10.6 Å². The quantitative estimate of drug-likeness (QED) is 0.256. The molecule has 0 aliphatic heterocycles. The molecule has 42 heavy (non-hydrogen) atoms. The van der Waals surface area contributed by atoms with Crippen LogP contribution in [0.25, 0.3) is 0 Å². The Labute approximate surface area is 262 Å². The molecule has 0 heterocycles. The van der Waals surface area contributed by atoms with Crippen LogP contribution in [0.3, 0.4) is 0 Å². The van der Waals surface area contributed by atoms with Gasteiger partial charge in [-0.25, -0.2) is 8.42 Å². The van der Waals surface area contributed by atoms with E-state index in [0.717, 1.165) is 42.0 Å². The Kier molecular flexibility index (Phi) is 10.8. The summed E-state index contributed by atoms with van der Waals surface area (Å²) in [5.74, 6) is -0.929. The summed E-state index contributed by atoms with van der Waals surface area (Å²) in [6.45, 7) is 2.80. The van der Waals surface area contributed by atoms with Gasteiger partial charge in [0, 0.05) is 33.2 Å². The molecule has 1 N–H and O–H groups in total. The Bertz CT molecular complexity index is 1510. The van der Waals surface area contributed by atoms with Crippen molar-refractivity contribution in [1.82, 2.24) is 10.2 Å². The zero-order chi connectivity index (χ0) is 30.4. The van der Waals surface area contributed by atoms with E-state index < -0.39 is 28.5 Å². The number of aryl methyl sites for hydroxylation is 1.